The van der Waals surface area contributed by atoms with Gasteiger partial charge in [0, 0.05) is 58.8 Å². The van der Waals surface area contributed by atoms with Crippen LogP contribution in [0.5, 0.6) is 0 Å². The van der Waals surface area contributed by atoms with Crippen molar-refractivity contribution in [2.75, 3.05) is 37.7 Å². The number of carbonyl (C=O) groups excluding carboxylic acids is 1. The smallest absolute Gasteiger partial charge is 0.434 e. The number of piperazine rings is 1. The molecule has 210 valence electrons. The first-order chi connectivity index (χ1) is 18.5. The summed E-state index contributed by atoms with van der Waals surface area (Å²) in [7, 11) is -1.32. The lowest BCUT2D eigenvalue weighted by molar-refractivity contribution is -0.141. The Hall–Kier alpha value is -3.38. The minimum atomic E-state index is -4.56. The first kappa shape index (κ1) is 28.6. The van der Waals surface area contributed by atoms with Gasteiger partial charge in [-0.05, 0) is 23.7 Å². The molecule has 0 radical (unpaired) electrons. The number of anilines is 1. The molecule has 0 spiro atoms. The molecule has 1 saturated heterocycles. The molecule has 0 aliphatic carbocycles. The molecule has 0 atom stereocenters. The van der Waals surface area contributed by atoms with Gasteiger partial charge in [-0.2, -0.15) is 13.2 Å². The number of rotatable bonds is 9. The van der Waals surface area contributed by atoms with Crippen molar-refractivity contribution in [3.63, 3.8) is 0 Å². The molecule has 0 saturated carbocycles. The molecule has 12 heteroatoms. The summed E-state index contributed by atoms with van der Waals surface area (Å²) in [6.45, 7) is 9.40. The normalized spacial score (nSPS) is 14.5. The van der Waals surface area contributed by atoms with Gasteiger partial charge in [0.25, 0.3) is 0 Å². The average molecular weight is 562 g/mol. The average Bonchev–Trinajstić information content (AvgIpc) is 3.35. The number of aromatic nitrogens is 3. The molecule has 0 unspecified atom stereocenters. The second kappa shape index (κ2) is 12.2. The summed E-state index contributed by atoms with van der Waals surface area (Å²) >= 11 is 0. The number of amides is 1. The van der Waals surface area contributed by atoms with Crippen LogP contribution in [-0.4, -0.2) is 66.4 Å². The summed E-state index contributed by atoms with van der Waals surface area (Å²) in [6, 6.07) is 13.9. The number of carbonyl (C=O) groups is 1. The van der Waals surface area contributed by atoms with Crippen molar-refractivity contribution in [1.29, 1.82) is 0 Å². The van der Waals surface area contributed by atoms with Crippen molar-refractivity contribution in [2.45, 2.75) is 45.2 Å². The third-order valence-electron chi connectivity index (χ3n) is 6.37. The molecule has 39 heavy (non-hydrogen) atoms. The zero-order valence-corrected chi connectivity index (χ0v) is 23.4. The second-order valence-corrected chi connectivity index (χ2v) is 16.3. The van der Waals surface area contributed by atoms with E-state index in [9.17, 15) is 18.0 Å². The number of nitrogens with zero attached hydrogens (tertiary/aromatic N) is 5. The highest BCUT2D eigenvalue weighted by atomic mass is 28.3. The molecule has 1 aromatic carbocycles. The Bertz CT molecular complexity index is 1220. The molecule has 3 heterocycles. The van der Waals surface area contributed by atoms with Crippen molar-refractivity contribution in [1.82, 2.24) is 19.4 Å². The third-order valence-corrected chi connectivity index (χ3v) is 8.07. The van der Waals surface area contributed by atoms with Crippen LogP contribution in [0.2, 0.25) is 25.7 Å². The molecule has 1 amide bonds. The highest BCUT2D eigenvalue weighted by Crippen LogP contribution is 2.31. The molecule has 4 rings (SSSR count). The van der Waals surface area contributed by atoms with E-state index in [-0.39, 0.29) is 25.3 Å². The Morgan fingerprint density at radius 1 is 1.03 bits per heavy atom. The van der Waals surface area contributed by atoms with E-state index in [1.54, 1.807) is 17.0 Å². The summed E-state index contributed by atoms with van der Waals surface area (Å²) in [5.41, 5.74) is 0.423. The number of imidazole rings is 1. The monoisotopic (exact) mass is 561 g/mol. The first-order valence-corrected chi connectivity index (χ1v) is 16.6. The zero-order valence-electron chi connectivity index (χ0n) is 22.4. The zero-order chi connectivity index (χ0) is 28.0. The van der Waals surface area contributed by atoms with Crippen LogP contribution in [0.15, 0.2) is 54.9 Å². The van der Waals surface area contributed by atoms with Crippen molar-refractivity contribution in [3.05, 3.63) is 66.1 Å². The lowest BCUT2D eigenvalue weighted by atomic mass is 10.2. The Balaban J connectivity index is 1.36. The van der Waals surface area contributed by atoms with Crippen molar-refractivity contribution >= 4 is 20.0 Å². The molecule has 3 aromatic rings. The Kier molecular flexibility index (Phi) is 8.96. The molecular weight excluding hydrogens is 527 g/mol. The lowest BCUT2D eigenvalue weighted by Gasteiger charge is -2.34. The fraction of sp³-hybridized carbons (Fsp3) is 0.444. The molecule has 8 nitrogen and oxygen atoms in total. The van der Waals surface area contributed by atoms with Gasteiger partial charge in [0.15, 0.2) is 5.69 Å². The number of pyridine rings is 1. The molecule has 1 fully saturated rings. The van der Waals surface area contributed by atoms with Gasteiger partial charge in [0.1, 0.15) is 25.0 Å². The topological polar surface area (TPSA) is 72.7 Å². The van der Waals surface area contributed by atoms with Crippen molar-refractivity contribution < 1.29 is 27.4 Å². The standard InChI is InChI=1S/C27H34F3N5O3Si/c1-39(2,3)16-15-37-20-35-18-23(27(28,29)30)32-25(35)22-9-10-24(31-17-22)33-11-13-34(14-12-33)26(36)38-19-21-7-5-4-6-8-21/h4-10,17-18H,11-16,19-20H2,1-3H3. The van der Waals surface area contributed by atoms with Gasteiger partial charge < -0.3 is 23.8 Å². The number of benzene rings is 1. The quantitative estimate of drug-likeness (QED) is 0.245. The van der Waals surface area contributed by atoms with E-state index >= 15 is 0 Å². The minimum absolute atomic E-state index is 0.0209. The predicted molar refractivity (Wildman–Crippen MR) is 145 cm³/mol. The van der Waals surface area contributed by atoms with Crippen LogP contribution in [0.4, 0.5) is 23.8 Å². The Morgan fingerprint density at radius 2 is 1.74 bits per heavy atom. The van der Waals surface area contributed by atoms with Crippen LogP contribution in [0.25, 0.3) is 11.4 Å². The number of alkyl halides is 3. The highest BCUT2D eigenvalue weighted by molar-refractivity contribution is 6.76. The second-order valence-electron chi connectivity index (χ2n) is 10.7. The maximum absolute atomic E-state index is 13.4. The summed E-state index contributed by atoms with van der Waals surface area (Å²) in [4.78, 5) is 24.5. The van der Waals surface area contributed by atoms with Crippen LogP contribution in [0.3, 0.4) is 0 Å². The molecule has 2 aromatic heterocycles. The van der Waals surface area contributed by atoms with Gasteiger partial charge in [0.05, 0.1) is 0 Å². The van der Waals surface area contributed by atoms with Gasteiger partial charge >= 0.3 is 12.3 Å². The summed E-state index contributed by atoms with van der Waals surface area (Å²) < 4.78 is 52.7. The van der Waals surface area contributed by atoms with Gasteiger partial charge in [-0.25, -0.2) is 14.8 Å². The van der Waals surface area contributed by atoms with E-state index in [0.717, 1.165) is 17.8 Å². The lowest BCUT2D eigenvalue weighted by Crippen LogP contribution is -2.49. The maximum Gasteiger partial charge on any atom is 0.434 e. The van der Waals surface area contributed by atoms with E-state index < -0.39 is 19.9 Å². The van der Waals surface area contributed by atoms with Gasteiger partial charge in [0.2, 0.25) is 0 Å². The molecular formula is C27H34F3N5O3Si. The first-order valence-electron chi connectivity index (χ1n) is 12.9. The minimum Gasteiger partial charge on any atom is -0.445 e. The van der Waals surface area contributed by atoms with Crippen LogP contribution in [-0.2, 0) is 29.0 Å². The molecule has 0 N–H and O–H groups in total. The van der Waals surface area contributed by atoms with Crippen LogP contribution in [0, 0.1) is 0 Å². The summed E-state index contributed by atoms with van der Waals surface area (Å²) in [6.07, 6.45) is -2.42. The molecule has 1 aliphatic rings. The number of halogens is 3. The third kappa shape index (κ3) is 8.05. The summed E-state index contributed by atoms with van der Waals surface area (Å²) in [5.74, 6) is 0.831. The predicted octanol–water partition coefficient (Wildman–Crippen LogP) is 5.74. The Labute approximate surface area is 227 Å². The number of ether oxygens (including phenoxy) is 2. The van der Waals surface area contributed by atoms with Crippen LogP contribution >= 0.6 is 0 Å². The van der Waals surface area contributed by atoms with Gasteiger partial charge in [-0.15, -0.1) is 0 Å². The number of hydrogen-bond acceptors (Lipinski definition) is 6. The Morgan fingerprint density at radius 3 is 2.36 bits per heavy atom. The fourth-order valence-electron chi connectivity index (χ4n) is 4.06. The highest BCUT2D eigenvalue weighted by Gasteiger charge is 2.35. The maximum atomic E-state index is 13.4. The van der Waals surface area contributed by atoms with Crippen molar-refractivity contribution in [2.24, 2.45) is 0 Å². The van der Waals surface area contributed by atoms with E-state index in [4.69, 9.17) is 9.47 Å². The summed E-state index contributed by atoms with van der Waals surface area (Å²) in [5, 5.41) is 0. The van der Waals surface area contributed by atoms with Gasteiger partial charge in [-0.1, -0.05) is 50.0 Å². The number of hydrogen-bond donors (Lipinski definition) is 0. The van der Waals surface area contributed by atoms with Crippen LogP contribution < -0.4 is 4.90 Å². The van der Waals surface area contributed by atoms with E-state index in [1.807, 2.05) is 35.2 Å². The van der Waals surface area contributed by atoms with E-state index in [2.05, 4.69) is 29.6 Å². The fourth-order valence-corrected chi connectivity index (χ4v) is 4.81. The van der Waals surface area contributed by atoms with E-state index in [1.165, 1.54) is 10.8 Å². The molecule has 0 bridgehead atoms. The van der Waals surface area contributed by atoms with Crippen LogP contribution in [0.1, 0.15) is 11.3 Å². The SMILES string of the molecule is C[Si](C)(C)CCOCn1cc(C(F)(F)F)nc1-c1ccc(N2CCN(C(=O)OCc3ccccc3)CC2)nc1. The molecule has 1 aliphatic heterocycles. The van der Waals surface area contributed by atoms with E-state index in [0.29, 0.717) is 44.2 Å². The largest absolute Gasteiger partial charge is 0.445 e. The van der Waals surface area contributed by atoms with Crippen molar-refractivity contribution in [3.8, 4) is 11.4 Å². The van der Waals surface area contributed by atoms with Gasteiger partial charge in [-0.3, -0.25) is 0 Å².